The Kier molecular flexibility index (Phi) is 5.50. The van der Waals surface area contributed by atoms with Gasteiger partial charge in [0.15, 0.2) is 0 Å². The minimum Gasteiger partial charge on any atom is -0.507 e. The van der Waals surface area contributed by atoms with Crippen LogP contribution >= 0.6 is 15.9 Å². The largest absolute Gasteiger partial charge is 0.507 e. The highest BCUT2D eigenvalue weighted by Gasteiger charge is 2.46. The summed E-state index contributed by atoms with van der Waals surface area (Å²) in [5, 5.41) is 11.0. The quantitative estimate of drug-likeness (QED) is 0.344. The summed E-state index contributed by atoms with van der Waals surface area (Å²) in [6, 6.07) is 17.5. The fraction of sp³-hybridized carbons (Fsp3) is 0.125. The first-order valence-electron chi connectivity index (χ1n) is 9.45. The van der Waals surface area contributed by atoms with E-state index in [-0.39, 0.29) is 17.9 Å². The highest BCUT2D eigenvalue weighted by molar-refractivity contribution is 9.10. The lowest BCUT2D eigenvalue weighted by Gasteiger charge is -2.25. The smallest absolute Gasteiger partial charge is 0.295 e. The van der Waals surface area contributed by atoms with Crippen LogP contribution in [0.25, 0.3) is 5.76 Å². The molecule has 1 fully saturated rings. The number of nitrogens with zero attached hydrogens (tertiary/aromatic N) is 2. The number of aryl methyl sites for hydroxylation is 1. The van der Waals surface area contributed by atoms with Gasteiger partial charge in [-0.3, -0.25) is 14.6 Å². The molecule has 30 heavy (non-hydrogen) atoms. The van der Waals surface area contributed by atoms with E-state index < -0.39 is 17.7 Å². The molecule has 150 valence electrons. The van der Waals surface area contributed by atoms with E-state index in [2.05, 4.69) is 20.9 Å². The van der Waals surface area contributed by atoms with E-state index in [0.717, 1.165) is 21.2 Å². The third-order valence-electron chi connectivity index (χ3n) is 5.13. The summed E-state index contributed by atoms with van der Waals surface area (Å²) < 4.78 is 0.883. The Morgan fingerprint density at radius 3 is 2.40 bits per heavy atom. The van der Waals surface area contributed by atoms with Crippen molar-refractivity contribution in [2.45, 2.75) is 19.5 Å². The van der Waals surface area contributed by atoms with Gasteiger partial charge in [0.2, 0.25) is 0 Å². The Morgan fingerprint density at radius 2 is 1.77 bits per heavy atom. The van der Waals surface area contributed by atoms with Gasteiger partial charge in [0, 0.05) is 29.0 Å². The molecule has 1 saturated heterocycles. The van der Waals surface area contributed by atoms with Crippen LogP contribution in [-0.2, 0) is 16.1 Å². The lowest BCUT2D eigenvalue weighted by atomic mass is 9.95. The van der Waals surface area contributed by atoms with Gasteiger partial charge in [-0.1, -0.05) is 64.0 Å². The van der Waals surface area contributed by atoms with Crippen LogP contribution in [0.3, 0.4) is 0 Å². The summed E-state index contributed by atoms with van der Waals surface area (Å²) in [5.41, 5.74) is 3.18. The third kappa shape index (κ3) is 3.78. The molecular weight excluding hydrogens is 444 g/mol. The number of ketones is 1. The van der Waals surface area contributed by atoms with Gasteiger partial charge in [0.25, 0.3) is 11.7 Å². The molecule has 1 amide bonds. The molecule has 4 rings (SSSR count). The van der Waals surface area contributed by atoms with E-state index in [0.29, 0.717) is 5.56 Å². The van der Waals surface area contributed by atoms with Crippen molar-refractivity contribution in [3.8, 4) is 0 Å². The number of hydrogen-bond donors (Lipinski definition) is 1. The number of aliphatic hydroxyl groups is 1. The molecule has 1 aliphatic rings. The molecule has 0 unspecified atom stereocenters. The minimum atomic E-state index is -0.695. The van der Waals surface area contributed by atoms with Crippen molar-refractivity contribution in [1.82, 2.24) is 9.88 Å². The molecule has 0 bridgehead atoms. The minimum absolute atomic E-state index is 0.0927. The van der Waals surface area contributed by atoms with Crippen LogP contribution < -0.4 is 0 Å². The van der Waals surface area contributed by atoms with Crippen LogP contribution in [0.15, 0.2) is 83.1 Å². The zero-order valence-electron chi connectivity index (χ0n) is 16.2. The molecule has 1 aliphatic heterocycles. The van der Waals surface area contributed by atoms with Crippen molar-refractivity contribution in [3.05, 3.63) is 105 Å². The van der Waals surface area contributed by atoms with Gasteiger partial charge in [-0.2, -0.15) is 0 Å². The lowest BCUT2D eigenvalue weighted by molar-refractivity contribution is -0.140. The number of pyridine rings is 1. The number of amides is 1. The number of carbonyl (C=O) groups is 2. The first kappa shape index (κ1) is 20.0. The number of likely N-dealkylation sites (tertiary alicyclic amines) is 1. The van der Waals surface area contributed by atoms with E-state index >= 15 is 0 Å². The zero-order chi connectivity index (χ0) is 21.3. The number of aliphatic hydroxyl groups excluding tert-OH is 1. The van der Waals surface area contributed by atoms with E-state index in [4.69, 9.17) is 0 Å². The second kappa shape index (κ2) is 8.24. The molecule has 6 heteroatoms. The Morgan fingerprint density at radius 1 is 1.07 bits per heavy atom. The number of rotatable bonds is 4. The second-order valence-electron chi connectivity index (χ2n) is 7.21. The number of aromatic nitrogens is 1. The van der Waals surface area contributed by atoms with Crippen molar-refractivity contribution in [1.29, 1.82) is 0 Å². The summed E-state index contributed by atoms with van der Waals surface area (Å²) >= 11 is 3.42. The molecule has 0 spiro atoms. The molecule has 1 atom stereocenters. The van der Waals surface area contributed by atoms with Crippen LogP contribution in [0, 0.1) is 6.92 Å². The summed E-state index contributed by atoms with van der Waals surface area (Å²) in [7, 11) is 0. The molecule has 2 aromatic carbocycles. The fourth-order valence-electron chi connectivity index (χ4n) is 3.59. The highest BCUT2D eigenvalue weighted by Crippen LogP contribution is 2.40. The van der Waals surface area contributed by atoms with Crippen LogP contribution in [-0.4, -0.2) is 26.7 Å². The number of Topliss-reactive ketones (excluding diaryl/α,β-unsaturated/α-hetero) is 1. The molecule has 1 aromatic heterocycles. The van der Waals surface area contributed by atoms with Crippen molar-refractivity contribution in [2.24, 2.45) is 0 Å². The van der Waals surface area contributed by atoms with E-state index in [1.54, 1.807) is 30.6 Å². The third-order valence-corrected chi connectivity index (χ3v) is 5.66. The second-order valence-corrected chi connectivity index (χ2v) is 8.12. The summed E-state index contributed by atoms with van der Waals surface area (Å²) in [6.07, 6.45) is 3.32. The number of hydrogen-bond acceptors (Lipinski definition) is 4. The molecule has 2 heterocycles. The first-order chi connectivity index (χ1) is 14.5. The van der Waals surface area contributed by atoms with Gasteiger partial charge in [-0.25, -0.2) is 0 Å². The van der Waals surface area contributed by atoms with E-state index in [1.807, 2.05) is 49.4 Å². The lowest BCUT2D eigenvalue weighted by Crippen LogP contribution is -2.29. The fourth-order valence-corrected chi connectivity index (χ4v) is 3.85. The molecule has 5 nitrogen and oxygen atoms in total. The molecular formula is C24H19BrN2O3. The van der Waals surface area contributed by atoms with Gasteiger partial charge in [0.1, 0.15) is 5.76 Å². The Labute approximate surface area is 182 Å². The van der Waals surface area contributed by atoms with Gasteiger partial charge in [-0.05, 0) is 36.2 Å². The van der Waals surface area contributed by atoms with Crippen LogP contribution in [0.1, 0.15) is 28.3 Å². The highest BCUT2D eigenvalue weighted by atomic mass is 79.9. The van der Waals surface area contributed by atoms with Gasteiger partial charge < -0.3 is 10.0 Å². The normalized spacial score (nSPS) is 18.1. The van der Waals surface area contributed by atoms with Gasteiger partial charge in [0.05, 0.1) is 11.6 Å². The van der Waals surface area contributed by atoms with Crippen molar-refractivity contribution >= 4 is 33.4 Å². The van der Waals surface area contributed by atoms with Crippen LogP contribution in [0.2, 0.25) is 0 Å². The molecule has 0 saturated carbocycles. The topological polar surface area (TPSA) is 70.5 Å². The zero-order valence-corrected chi connectivity index (χ0v) is 17.8. The molecule has 1 N–H and O–H groups in total. The Hall–Kier alpha value is -3.25. The van der Waals surface area contributed by atoms with Crippen LogP contribution in [0.5, 0.6) is 0 Å². The predicted octanol–water partition coefficient (Wildman–Crippen LogP) is 4.77. The SMILES string of the molecule is Cc1ccc(C(O)=C2C(=O)C(=O)N(Cc3cccnc3)[C@H]2c2ccc(Br)cc2)cc1. The number of carbonyl (C=O) groups excluding carboxylic acids is 2. The van der Waals surface area contributed by atoms with Crippen molar-refractivity contribution < 1.29 is 14.7 Å². The first-order valence-corrected chi connectivity index (χ1v) is 10.2. The van der Waals surface area contributed by atoms with Crippen molar-refractivity contribution in [3.63, 3.8) is 0 Å². The maximum absolute atomic E-state index is 13.0. The standard InChI is InChI=1S/C24H19BrN2O3/c1-15-4-6-18(7-5-15)22(28)20-21(17-8-10-19(25)11-9-17)27(24(30)23(20)29)14-16-3-2-12-26-13-16/h2-13,21,28H,14H2,1H3/t21-/m0/s1. The number of halogens is 1. The van der Waals surface area contributed by atoms with Crippen molar-refractivity contribution in [2.75, 3.05) is 0 Å². The van der Waals surface area contributed by atoms with Crippen LogP contribution in [0.4, 0.5) is 0 Å². The van der Waals surface area contributed by atoms with E-state index in [1.165, 1.54) is 4.90 Å². The number of benzene rings is 2. The van der Waals surface area contributed by atoms with E-state index in [9.17, 15) is 14.7 Å². The molecule has 3 aromatic rings. The average molecular weight is 463 g/mol. The summed E-state index contributed by atoms with van der Waals surface area (Å²) in [5.74, 6) is -1.50. The van der Waals surface area contributed by atoms with Gasteiger partial charge in [-0.15, -0.1) is 0 Å². The molecule has 0 radical (unpaired) electrons. The molecule has 0 aliphatic carbocycles. The predicted molar refractivity (Wildman–Crippen MR) is 117 cm³/mol. The summed E-state index contributed by atoms with van der Waals surface area (Å²) in [6.45, 7) is 2.16. The maximum Gasteiger partial charge on any atom is 0.295 e. The monoisotopic (exact) mass is 462 g/mol. The summed E-state index contributed by atoms with van der Waals surface area (Å²) in [4.78, 5) is 31.6. The average Bonchev–Trinajstić information content (AvgIpc) is 3.00. The van der Waals surface area contributed by atoms with Gasteiger partial charge >= 0.3 is 0 Å². The maximum atomic E-state index is 13.0. The Bertz CT molecular complexity index is 1120. The Balaban J connectivity index is 1.85.